The van der Waals surface area contributed by atoms with E-state index in [-0.39, 0.29) is 17.9 Å². The van der Waals surface area contributed by atoms with Crippen LogP contribution >= 0.6 is 0 Å². The Bertz CT molecular complexity index is 1140. The SMILES string of the molecule is COc1cccc(CNC(=O)[C@H]2CC[C@@H](Nc3nc(N(C)C)c4ccccc4n3)CC2)c1OC. The number of hydrogen-bond donors (Lipinski definition) is 2. The Labute approximate surface area is 200 Å². The number of nitrogens with zero attached hydrogens (tertiary/aromatic N) is 3. The number of anilines is 2. The Kier molecular flexibility index (Phi) is 7.35. The number of benzene rings is 2. The molecule has 8 heteroatoms. The molecule has 1 amide bonds. The summed E-state index contributed by atoms with van der Waals surface area (Å²) in [4.78, 5) is 24.3. The summed E-state index contributed by atoms with van der Waals surface area (Å²) in [6, 6.07) is 14.0. The molecule has 34 heavy (non-hydrogen) atoms. The van der Waals surface area contributed by atoms with E-state index in [0.29, 0.717) is 24.0 Å². The average Bonchev–Trinajstić information content (AvgIpc) is 2.86. The van der Waals surface area contributed by atoms with Gasteiger partial charge in [-0.25, -0.2) is 4.98 Å². The van der Waals surface area contributed by atoms with Gasteiger partial charge in [0.25, 0.3) is 0 Å². The number of ether oxygens (including phenoxy) is 2. The molecule has 1 fully saturated rings. The first-order chi connectivity index (χ1) is 16.5. The number of nitrogens with one attached hydrogen (secondary N) is 2. The zero-order valence-corrected chi connectivity index (χ0v) is 20.3. The van der Waals surface area contributed by atoms with Crippen LogP contribution in [0.5, 0.6) is 11.5 Å². The first kappa shape index (κ1) is 23.6. The van der Waals surface area contributed by atoms with Crippen molar-refractivity contribution >= 4 is 28.6 Å². The highest BCUT2D eigenvalue weighted by Gasteiger charge is 2.27. The van der Waals surface area contributed by atoms with E-state index in [0.717, 1.165) is 48.0 Å². The van der Waals surface area contributed by atoms with E-state index < -0.39 is 0 Å². The Balaban J connectivity index is 1.34. The summed E-state index contributed by atoms with van der Waals surface area (Å²) in [5, 5.41) is 7.61. The molecule has 1 aromatic heterocycles. The number of carbonyl (C=O) groups is 1. The number of para-hydroxylation sites is 2. The van der Waals surface area contributed by atoms with Gasteiger partial charge in [-0.1, -0.05) is 24.3 Å². The maximum atomic E-state index is 12.8. The molecule has 1 heterocycles. The van der Waals surface area contributed by atoms with E-state index in [1.807, 2.05) is 61.5 Å². The third kappa shape index (κ3) is 5.16. The summed E-state index contributed by atoms with van der Waals surface area (Å²) in [7, 11) is 7.20. The van der Waals surface area contributed by atoms with Crippen LogP contribution in [0.2, 0.25) is 0 Å². The molecule has 2 N–H and O–H groups in total. The number of rotatable bonds is 8. The fourth-order valence-electron chi connectivity index (χ4n) is 4.57. The van der Waals surface area contributed by atoms with Gasteiger partial charge in [-0.2, -0.15) is 4.98 Å². The molecular weight excluding hydrogens is 430 g/mol. The van der Waals surface area contributed by atoms with E-state index >= 15 is 0 Å². The molecule has 0 radical (unpaired) electrons. The summed E-state index contributed by atoms with van der Waals surface area (Å²) in [6.45, 7) is 0.412. The van der Waals surface area contributed by atoms with Crippen molar-refractivity contribution in [1.29, 1.82) is 0 Å². The summed E-state index contributed by atoms with van der Waals surface area (Å²) in [6.07, 6.45) is 3.45. The van der Waals surface area contributed by atoms with Gasteiger partial charge in [-0.05, 0) is 43.9 Å². The van der Waals surface area contributed by atoms with Crippen molar-refractivity contribution in [3.05, 3.63) is 48.0 Å². The summed E-state index contributed by atoms with van der Waals surface area (Å²) >= 11 is 0. The minimum Gasteiger partial charge on any atom is -0.493 e. The van der Waals surface area contributed by atoms with Crippen LogP contribution in [0.3, 0.4) is 0 Å². The molecule has 3 aromatic rings. The molecule has 0 spiro atoms. The molecule has 1 aliphatic rings. The lowest BCUT2D eigenvalue weighted by Gasteiger charge is -2.29. The van der Waals surface area contributed by atoms with Crippen LogP contribution in [-0.2, 0) is 11.3 Å². The summed E-state index contributed by atoms with van der Waals surface area (Å²) in [5.41, 5.74) is 1.82. The van der Waals surface area contributed by atoms with E-state index in [4.69, 9.17) is 19.4 Å². The van der Waals surface area contributed by atoms with Gasteiger partial charge in [0.1, 0.15) is 5.82 Å². The average molecular weight is 464 g/mol. The maximum absolute atomic E-state index is 12.8. The molecule has 0 aliphatic heterocycles. The predicted molar refractivity (Wildman–Crippen MR) is 135 cm³/mol. The number of hydrogen-bond acceptors (Lipinski definition) is 7. The van der Waals surface area contributed by atoms with E-state index in [1.54, 1.807) is 14.2 Å². The lowest BCUT2D eigenvalue weighted by Crippen LogP contribution is -2.36. The number of aromatic nitrogens is 2. The first-order valence-corrected chi connectivity index (χ1v) is 11.7. The van der Waals surface area contributed by atoms with Crippen LogP contribution in [0.4, 0.5) is 11.8 Å². The molecule has 0 saturated heterocycles. The second kappa shape index (κ2) is 10.6. The quantitative estimate of drug-likeness (QED) is 0.522. The summed E-state index contributed by atoms with van der Waals surface area (Å²) in [5.74, 6) is 2.94. The highest BCUT2D eigenvalue weighted by molar-refractivity contribution is 5.90. The number of fused-ring (bicyclic) bond motifs is 1. The smallest absolute Gasteiger partial charge is 0.225 e. The third-order valence-electron chi connectivity index (χ3n) is 6.38. The van der Waals surface area contributed by atoms with Crippen LogP contribution in [-0.4, -0.2) is 50.2 Å². The van der Waals surface area contributed by atoms with Crippen molar-refractivity contribution in [3.8, 4) is 11.5 Å². The van der Waals surface area contributed by atoms with Crippen molar-refractivity contribution in [2.45, 2.75) is 38.3 Å². The van der Waals surface area contributed by atoms with Gasteiger partial charge in [-0.3, -0.25) is 4.79 Å². The van der Waals surface area contributed by atoms with Crippen LogP contribution < -0.4 is 25.0 Å². The standard InChI is InChI=1S/C26H33N5O3/c1-31(2)24-20-9-5-6-10-21(20)29-26(30-24)28-19-14-12-17(13-15-19)25(32)27-16-18-8-7-11-22(33-3)23(18)34-4/h5-11,17,19H,12-16H2,1-4H3,(H,27,32)(H,28,29,30)/t17-,19+. The van der Waals surface area contributed by atoms with E-state index in [2.05, 4.69) is 10.6 Å². The first-order valence-electron chi connectivity index (χ1n) is 11.7. The highest BCUT2D eigenvalue weighted by atomic mass is 16.5. The van der Waals surface area contributed by atoms with Gasteiger partial charge < -0.3 is 25.0 Å². The normalized spacial score (nSPS) is 17.8. The van der Waals surface area contributed by atoms with Crippen LogP contribution in [0, 0.1) is 5.92 Å². The molecule has 4 rings (SSSR count). The third-order valence-corrected chi connectivity index (χ3v) is 6.38. The predicted octanol–water partition coefficient (Wildman–Crippen LogP) is 4.00. The number of carbonyl (C=O) groups excluding carboxylic acids is 1. The maximum Gasteiger partial charge on any atom is 0.225 e. The van der Waals surface area contributed by atoms with Gasteiger partial charge in [0, 0.05) is 43.5 Å². The lowest BCUT2D eigenvalue weighted by molar-refractivity contribution is -0.126. The second-order valence-corrected chi connectivity index (χ2v) is 8.85. The zero-order chi connectivity index (χ0) is 24.1. The van der Waals surface area contributed by atoms with Gasteiger partial charge in [0.2, 0.25) is 11.9 Å². The minimum atomic E-state index is 0.00418. The van der Waals surface area contributed by atoms with E-state index in [9.17, 15) is 4.79 Å². The van der Waals surface area contributed by atoms with Crippen LogP contribution in [0.15, 0.2) is 42.5 Å². The fraction of sp³-hybridized carbons (Fsp3) is 0.423. The molecular formula is C26H33N5O3. The van der Waals surface area contributed by atoms with Gasteiger partial charge >= 0.3 is 0 Å². The monoisotopic (exact) mass is 463 g/mol. The molecule has 0 atom stereocenters. The second-order valence-electron chi connectivity index (χ2n) is 8.85. The molecule has 8 nitrogen and oxygen atoms in total. The van der Waals surface area contributed by atoms with Crippen molar-refractivity contribution in [1.82, 2.24) is 15.3 Å². The van der Waals surface area contributed by atoms with E-state index in [1.165, 1.54) is 0 Å². The Morgan fingerprint density at radius 2 is 1.76 bits per heavy atom. The molecule has 1 saturated carbocycles. The Hall–Kier alpha value is -3.55. The van der Waals surface area contributed by atoms with Crippen LogP contribution in [0.1, 0.15) is 31.2 Å². The number of amides is 1. The summed E-state index contributed by atoms with van der Waals surface area (Å²) < 4.78 is 10.8. The minimum absolute atomic E-state index is 0.00418. The molecule has 0 bridgehead atoms. The van der Waals surface area contributed by atoms with Crippen molar-refractivity contribution in [3.63, 3.8) is 0 Å². The molecule has 180 valence electrons. The number of methoxy groups -OCH3 is 2. The largest absolute Gasteiger partial charge is 0.493 e. The highest BCUT2D eigenvalue weighted by Crippen LogP contribution is 2.31. The van der Waals surface area contributed by atoms with Gasteiger partial charge in [-0.15, -0.1) is 0 Å². The zero-order valence-electron chi connectivity index (χ0n) is 20.3. The fourth-order valence-corrected chi connectivity index (χ4v) is 4.57. The van der Waals surface area contributed by atoms with Gasteiger partial charge in [0.05, 0.1) is 19.7 Å². The van der Waals surface area contributed by atoms with Crippen molar-refractivity contribution in [2.24, 2.45) is 5.92 Å². The lowest BCUT2D eigenvalue weighted by atomic mass is 9.85. The Morgan fingerprint density at radius 1 is 1.00 bits per heavy atom. The molecule has 1 aliphatic carbocycles. The van der Waals surface area contributed by atoms with Crippen molar-refractivity contribution in [2.75, 3.05) is 38.5 Å². The van der Waals surface area contributed by atoms with Crippen molar-refractivity contribution < 1.29 is 14.3 Å². The Morgan fingerprint density at radius 3 is 2.47 bits per heavy atom. The van der Waals surface area contributed by atoms with Gasteiger partial charge in [0.15, 0.2) is 11.5 Å². The van der Waals surface area contributed by atoms with Crippen LogP contribution in [0.25, 0.3) is 10.9 Å². The topological polar surface area (TPSA) is 88.6 Å². The molecule has 0 unspecified atom stereocenters. The molecule has 2 aromatic carbocycles.